The Balaban J connectivity index is 3.13. The van der Waals surface area contributed by atoms with Gasteiger partial charge in [0.15, 0.2) is 0 Å². The molecule has 1 aromatic rings. The molecular weight excluding hydrogens is 115 g/mol. The molecule has 0 aromatic heterocycles. The van der Waals surface area contributed by atoms with Crippen molar-refractivity contribution in [1.82, 2.24) is 0 Å². The van der Waals surface area contributed by atoms with E-state index in [1.54, 1.807) is 0 Å². The SMILES string of the molecule is [CH2]c1ccccc1P. The fraction of sp³-hybridized carbons (Fsp3) is 0. The maximum atomic E-state index is 3.80. The lowest BCUT2D eigenvalue weighted by atomic mass is 10.2. The Kier molecular flexibility index (Phi) is 1.65. The number of hydrogen-bond donors (Lipinski definition) is 0. The van der Waals surface area contributed by atoms with Crippen molar-refractivity contribution in [3.05, 3.63) is 36.8 Å². The van der Waals surface area contributed by atoms with E-state index in [4.69, 9.17) is 0 Å². The molecule has 1 radical (unpaired) electrons. The molecule has 0 aliphatic carbocycles. The molecule has 0 bridgehead atoms. The first-order valence-electron chi connectivity index (χ1n) is 2.47. The summed E-state index contributed by atoms with van der Waals surface area (Å²) in [6.45, 7) is 3.80. The number of benzene rings is 1. The number of hydrogen-bond acceptors (Lipinski definition) is 0. The summed E-state index contributed by atoms with van der Waals surface area (Å²) in [7, 11) is 2.62. The Morgan fingerprint density at radius 2 is 1.88 bits per heavy atom. The van der Waals surface area contributed by atoms with Gasteiger partial charge in [-0.1, -0.05) is 24.3 Å². The van der Waals surface area contributed by atoms with Gasteiger partial charge in [0.25, 0.3) is 0 Å². The third-order valence-electron chi connectivity index (χ3n) is 1.06. The Hall–Kier alpha value is -0.350. The summed E-state index contributed by atoms with van der Waals surface area (Å²) in [6.07, 6.45) is 0. The first kappa shape index (κ1) is 5.78. The zero-order valence-electron chi connectivity index (χ0n) is 4.59. The second kappa shape index (κ2) is 2.28. The first-order chi connectivity index (χ1) is 3.80. The van der Waals surface area contributed by atoms with Crippen LogP contribution in [0, 0.1) is 6.92 Å². The first-order valence-corrected chi connectivity index (χ1v) is 3.05. The van der Waals surface area contributed by atoms with Gasteiger partial charge in [-0.05, 0) is 17.8 Å². The molecule has 0 heterocycles. The fourth-order valence-corrected chi connectivity index (χ4v) is 0.742. The summed E-state index contributed by atoms with van der Waals surface area (Å²) in [5, 5.41) is 1.17. The minimum atomic E-state index is 1.08. The van der Waals surface area contributed by atoms with Crippen LogP contribution in [0.1, 0.15) is 5.56 Å². The lowest BCUT2D eigenvalue weighted by Crippen LogP contribution is -1.92. The van der Waals surface area contributed by atoms with Crippen LogP contribution in [0.2, 0.25) is 0 Å². The number of rotatable bonds is 0. The van der Waals surface area contributed by atoms with Crippen molar-refractivity contribution in [2.45, 2.75) is 0 Å². The van der Waals surface area contributed by atoms with Crippen LogP contribution in [0.25, 0.3) is 0 Å². The van der Waals surface area contributed by atoms with Crippen LogP contribution in [0.15, 0.2) is 24.3 Å². The third-order valence-corrected chi connectivity index (χ3v) is 1.62. The van der Waals surface area contributed by atoms with E-state index in [1.165, 1.54) is 5.30 Å². The Bertz CT molecular complexity index is 160. The van der Waals surface area contributed by atoms with Gasteiger partial charge >= 0.3 is 0 Å². The van der Waals surface area contributed by atoms with Crippen molar-refractivity contribution in [3.8, 4) is 0 Å². The van der Waals surface area contributed by atoms with E-state index < -0.39 is 0 Å². The minimum Gasteiger partial charge on any atom is -0.105 e. The highest BCUT2D eigenvalue weighted by Crippen LogP contribution is 1.96. The van der Waals surface area contributed by atoms with Gasteiger partial charge in [0, 0.05) is 0 Å². The maximum absolute atomic E-state index is 3.80. The second-order valence-corrected chi connectivity index (χ2v) is 2.32. The highest BCUT2D eigenvalue weighted by atomic mass is 31.0. The molecule has 0 spiro atoms. The van der Waals surface area contributed by atoms with Gasteiger partial charge in [-0.15, -0.1) is 9.24 Å². The lowest BCUT2D eigenvalue weighted by molar-refractivity contribution is 1.68. The molecule has 0 saturated heterocycles. The van der Waals surface area contributed by atoms with Crippen molar-refractivity contribution < 1.29 is 0 Å². The quantitative estimate of drug-likeness (QED) is 0.457. The fourth-order valence-electron chi connectivity index (χ4n) is 0.534. The second-order valence-electron chi connectivity index (χ2n) is 1.70. The summed E-state index contributed by atoms with van der Waals surface area (Å²) in [4.78, 5) is 0. The van der Waals surface area contributed by atoms with E-state index in [0.29, 0.717) is 0 Å². The average Bonchev–Trinajstić information content (AvgIpc) is 1.77. The molecule has 0 saturated carbocycles. The Morgan fingerprint density at radius 1 is 1.25 bits per heavy atom. The molecular formula is C7H8P. The molecule has 1 rings (SSSR count). The van der Waals surface area contributed by atoms with E-state index in [-0.39, 0.29) is 0 Å². The van der Waals surface area contributed by atoms with Gasteiger partial charge in [0.05, 0.1) is 0 Å². The molecule has 1 heteroatoms. The molecule has 8 heavy (non-hydrogen) atoms. The van der Waals surface area contributed by atoms with Crippen molar-refractivity contribution >= 4 is 14.5 Å². The zero-order chi connectivity index (χ0) is 5.98. The van der Waals surface area contributed by atoms with Crippen LogP contribution in [0.5, 0.6) is 0 Å². The molecule has 1 atom stereocenters. The maximum Gasteiger partial charge on any atom is -0.0232 e. The van der Waals surface area contributed by atoms with Crippen molar-refractivity contribution in [2.24, 2.45) is 0 Å². The minimum absolute atomic E-state index is 1.08. The molecule has 1 aromatic carbocycles. The highest BCUT2D eigenvalue weighted by Gasteiger charge is 1.84. The van der Waals surface area contributed by atoms with E-state index >= 15 is 0 Å². The molecule has 0 N–H and O–H groups in total. The van der Waals surface area contributed by atoms with Crippen molar-refractivity contribution in [1.29, 1.82) is 0 Å². The molecule has 0 aliphatic rings. The van der Waals surface area contributed by atoms with E-state index in [0.717, 1.165) is 5.56 Å². The van der Waals surface area contributed by atoms with Gasteiger partial charge < -0.3 is 0 Å². The molecule has 1 unspecified atom stereocenters. The van der Waals surface area contributed by atoms with Crippen molar-refractivity contribution in [2.75, 3.05) is 0 Å². The van der Waals surface area contributed by atoms with Gasteiger partial charge in [-0.25, -0.2) is 0 Å². The van der Waals surface area contributed by atoms with Gasteiger partial charge in [0.1, 0.15) is 0 Å². The Morgan fingerprint density at radius 3 is 2.25 bits per heavy atom. The summed E-state index contributed by atoms with van der Waals surface area (Å²) < 4.78 is 0. The zero-order valence-corrected chi connectivity index (χ0v) is 5.75. The normalized spacial score (nSPS) is 9.25. The summed E-state index contributed by atoms with van der Waals surface area (Å²) >= 11 is 0. The van der Waals surface area contributed by atoms with Gasteiger partial charge in [0.2, 0.25) is 0 Å². The van der Waals surface area contributed by atoms with Crippen molar-refractivity contribution in [3.63, 3.8) is 0 Å². The highest BCUT2D eigenvalue weighted by molar-refractivity contribution is 7.27. The monoisotopic (exact) mass is 123 g/mol. The Labute approximate surface area is 52.1 Å². The predicted molar refractivity (Wildman–Crippen MR) is 40.2 cm³/mol. The van der Waals surface area contributed by atoms with Crippen LogP contribution in [-0.4, -0.2) is 0 Å². The van der Waals surface area contributed by atoms with Crippen LogP contribution < -0.4 is 5.30 Å². The summed E-state index contributed by atoms with van der Waals surface area (Å²) in [5.41, 5.74) is 1.08. The largest absolute Gasteiger partial charge is 0.105 e. The van der Waals surface area contributed by atoms with Crippen LogP contribution in [-0.2, 0) is 0 Å². The smallest absolute Gasteiger partial charge is 0.0232 e. The van der Waals surface area contributed by atoms with Crippen LogP contribution in [0.4, 0.5) is 0 Å². The topological polar surface area (TPSA) is 0 Å². The molecule has 0 fully saturated rings. The third kappa shape index (κ3) is 1.08. The standard InChI is InChI=1S/C7H8P/c1-6-4-2-3-5-7(6)8/h2-5H,1,8H2. The predicted octanol–water partition coefficient (Wildman–Crippen LogP) is 1.37. The molecule has 0 nitrogen and oxygen atoms in total. The van der Waals surface area contributed by atoms with Gasteiger partial charge in [-0.3, -0.25) is 0 Å². The lowest BCUT2D eigenvalue weighted by Gasteiger charge is -1.93. The molecule has 0 amide bonds. The van der Waals surface area contributed by atoms with E-state index in [9.17, 15) is 0 Å². The van der Waals surface area contributed by atoms with E-state index in [2.05, 4.69) is 16.2 Å². The molecule has 0 aliphatic heterocycles. The van der Waals surface area contributed by atoms with E-state index in [1.807, 2.05) is 24.3 Å². The average molecular weight is 123 g/mol. The summed E-state index contributed by atoms with van der Waals surface area (Å²) in [6, 6.07) is 7.99. The molecule has 41 valence electrons. The summed E-state index contributed by atoms with van der Waals surface area (Å²) in [5.74, 6) is 0. The van der Waals surface area contributed by atoms with Crippen LogP contribution >= 0.6 is 9.24 Å². The van der Waals surface area contributed by atoms with Crippen LogP contribution in [0.3, 0.4) is 0 Å². The van der Waals surface area contributed by atoms with Gasteiger partial charge in [-0.2, -0.15) is 0 Å².